The van der Waals surface area contributed by atoms with E-state index in [2.05, 4.69) is 21.0 Å². The van der Waals surface area contributed by atoms with Crippen LogP contribution in [0.4, 0.5) is 11.9 Å². The van der Waals surface area contributed by atoms with Crippen molar-refractivity contribution in [1.82, 2.24) is 15.0 Å². The molecule has 1 atom stereocenters. The van der Waals surface area contributed by atoms with E-state index in [1.54, 1.807) is 30.1 Å². The largest absolute Gasteiger partial charge is 0.508 e. The monoisotopic (exact) mass is 407 g/mol. The zero-order chi connectivity index (χ0) is 21.1. The Morgan fingerprint density at radius 1 is 1.07 bits per heavy atom. The van der Waals surface area contributed by atoms with E-state index in [9.17, 15) is 15.3 Å². The van der Waals surface area contributed by atoms with Gasteiger partial charge < -0.3 is 25.1 Å². The Morgan fingerprint density at radius 3 is 2.67 bits per heavy atom. The molecule has 0 spiro atoms. The standard InChI is InChI=1S/C22H25N5O3/c1-26(11-12-28)21-23-20(16-6-4-7-17(30)13-16)24-22(25-21)27-10-9-15-5-2-3-8-18(15)19(27)14-29/h2-8,13,19,28-30H,9-12,14H2,1H3. The molecule has 0 amide bonds. The zero-order valence-corrected chi connectivity index (χ0v) is 16.8. The van der Waals surface area contributed by atoms with Gasteiger partial charge >= 0.3 is 0 Å². The first-order valence-corrected chi connectivity index (χ1v) is 9.93. The van der Waals surface area contributed by atoms with Crippen LogP contribution in [0, 0.1) is 0 Å². The van der Waals surface area contributed by atoms with Gasteiger partial charge in [-0.25, -0.2) is 0 Å². The summed E-state index contributed by atoms with van der Waals surface area (Å²) >= 11 is 0. The lowest BCUT2D eigenvalue weighted by Gasteiger charge is -2.36. The van der Waals surface area contributed by atoms with Crippen molar-refractivity contribution in [1.29, 1.82) is 0 Å². The average molecular weight is 407 g/mol. The van der Waals surface area contributed by atoms with E-state index in [0.717, 1.165) is 12.0 Å². The van der Waals surface area contributed by atoms with E-state index in [1.165, 1.54) is 5.56 Å². The summed E-state index contributed by atoms with van der Waals surface area (Å²) in [5.41, 5.74) is 2.94. The second-order valence-corrected chi connectivity index (χ2v) is 7.30. The highest BCUT2D eigenvalue weighted by atomic mass is 16.3. The molecule has 4 rings (SSSR count). The number of phenolic OH excluding ortho intramolecular Hbond substituents is 1. The van der Waals surface area contributed by atoms with Crippen LogP contribution in [0.2, 0.25) is 0 Å². The third kappa shape index (κ3) is 3.92. The molecule has 8 nitrogen and oxygen atoms in total. The van der Waals surface area contributed by atoms with Crippen molar-refractivity contribution in [3.63, 3.8) is 0 Å². The minimum absolute atomic E-state index is 0.0324. The van der Waals surface area contributed by atoms with Crippen molar-refractivity contribution in [3.8, 4) is 17.1 Å². The molecule has 156 valence electrons. The molecule has 0 bridgehead atoms. The van der Waals surface area contributed by atoms with Gasteiger partial charge in [-0.05, 0) is 29.7 Å². The predicted molar refractivity (Wildman–Crippen MR) is 115 cm³/mol. The fraction of sp³-hybridized carbons (Fsp3) is 0.318. The van der Waals surface area contributed by atoms with Crippen LogP contribution < -0.4 is 9.80 Å². The van der Waals surface area contributed by atoms with Gasteiger partial charge in [0.05, 0.1) is 19.3 Å². The molecule has 3 N–H and O–H groups in total. The van der Waals surface area contributed by atoms with Crippen LogP contribution in [-0.2, 0) is 6.42 Å². The fourth-order valence-corrected chi connectivity index (χ4v) is 3.77. The molecular formula is C22H25N5O3. The first-order valence-electron chi connectivity index (χ1n) is 9.93. The Morgan fingerprint density at radius 2 is 1.90 bits per heavy atom. The summed E-state index contributed by atoms with van der Waals surface area (Å²) in [6.07, 6.45) is 0.821. The van der Waals surface area contributed by atoms with Gasteiger partial charge in [-0.15, -0.1) is 0 Å². The quantitative estimate of drug-likeness (QED) is 0.568. The van der Waals surface area contributed by atoms with Crippen molar-refractivity contribution in [2.75, 3.05) is 43.2 Å². The fourth-order valence-electron chi connectivity index (χ4n) is 3.77. The lowest BCUT2D eigenvalue weighted by Crippen LogP contribution is -2.39. The van der Waals surface area contributed by atoms with Crippen LogP contribution in [0.15, 0.2) is 48.5 Å². The topological polar surface area (TPSA) is 106 Å². The van der Waals surface area contributed by atoms with Crippen LogP contribution in [0.25, 0.3) is 11.4 Å². The van der Waals surface area contributed by atoms with Crippen LogP contribution in [0.3, 0.4) is 0 Å². The normalized spacial score (nSPS) is 15.7. The van der Waals surface area contributed by atoms with Crippen LogP contribution >= 0.6 is 0 Å². The number of aromatic hydroxyl groups is 1. The van der Waals surface area contributed by atoms with Crippen LogP contribution in [0.5, 0.6) is 5.75 Å². The molecule has 30 heavy (non-hydrogen) atoms. The number of aliphatic hydroxyl groups excluding tert-OH is 2. The summed E-state index contributed by atoms with van der Waals surface area (Å²) in [6.45, 7) is 0.936. The number of fused-ring (bicyclic) bond motifs is 1. The number of hydrogen-bond acceptors (Lipinski definition) is 8. The highest BCUT2D eigenvalue weighted by Gasteiger charge is 2.29. The van der Waals surface area contributed by atoms with Crippen molar-refractivity contribution in [2.45, 2.75) is 12.5 Å². The molecule has 0 saturated carbocycles. The zero-order valence-electron chi connectivity index (χ0n) is 16.8. The molecule has 1 unspecified atom stereocenters. The molecule has 0 fully saturated rings. The van der Waals surface area contributed by atoms with Gasteiger partial charge in [-0.2, -0.15) is 15.0 Å². The second-order valence-electron chi connectivity index (χ2n) is 7.30. The molecule has 0 saturated heterocycles. The maximum atomic E-state index is 10.2. The summed E-state index contributed by atoms with van der Waals surface area (Å²) in [6, 6.07) is 14.6. The molecule has 1 aromatic heterocycles. The van der Waals surface area contributed by atoms with E-state index < -0.39 is 0 Å². The number of nitrogens with zero attached hydrogens (tertiary/aromatic N) is 5. The highest BCUT2D eigenvalue weighted by molar-refractivity contribution is 5.61. The number of rotatable bonds is 6. The van der Waals surface area contributed by atoms with E-state index in [1.807, 2.05) is 29.2 Å². The summed E-state index contributed by atoms with van der Waals surface area (Å²) in [5.74, 6) is 1.42. The van der Waals surface area contributed by atoms with Gasteiger partial charge in [0.2, 0.25) is 11.9 Å². The van der Waals surface area contributed by atoms with Crippen molar-refractivity contribution >= 4 is 11.9 Å². The number of aromatic nitrogens is 3. The molecule has 8 heteroatoms. The third-order valence-electron chi connectivity index (χ3n) is 5.34. The number of phenols is 1. The molecule has 1 aliphatic rings. The number of hydrogen-bond donors (Lipinski definition) is 3. The predicted octanol–water partition coefficient (Wildman–Crippen LogP) is 1.77. The van der Waals surface area contributed by atoms with E-state index >= 15 is 0 Å². The van der Waals surface area contributed by atoms with Crippen molar-refractivity contribution in [2.24, 2.45) is 0 Å². The first-order chi connectivity index (χ1) is 14.6. The smallest absolute Gasteiger partial charge is 0.231 e. The average Bonchev–Trinajstić information content (AvgIpc) is 2.78. The molecule has 2 heterocycles. The molecule has 0 radical (unpaired) electrons. The molecule has 3 aromatic rings. The maximum Gasteiger partial charge on any atom is 0.231 e. The molecular weight excluding hydrogens is 382 g/mol. The van der Waals surface area contributed by atoms with Crippen molar-refractivity contribution in [3.05, 3.63) is 59.7 Å². The van der Waals surface area contributed by atoms with Gasteiger partial charge in [-0.3, -0.25) is 0 Å². The van der Waals surface area contributed by atoms with Gasteiger partial charge in [0.1, 0.15) is 5.75 Å². The molecule has 0 aliphatic carbocycles. The second kappa shape index (κ2) is 8.64. The number of aliphatic hydroxyl groups is 2. The van der Waals surface area contributed by atoms with Crippen LogP contribution in [0.1, 0.15) is 17.2 Å². The minimum Gasteiger partial charge on any atom is -0.508 e. The lowest BCUT2D eigenvalue weighted by atomic mass is 9.93. The first kappa shape index (κ1) is 20.1. The van der Waals surface area contributed by atoms with Gasteiger partial charge in [0, 0.05) is 25.7 Å². The molecule has 2 aromatic carbocycles. The Hall–Kier alpha value is -3.23. The Bertz CT molecular complexity index is 1030. The molecule has 1 aliphatic heterocycles. The number of likely N-dealkylation sites (N-methyl/N-ethyl adjacent to an activating group) is 1. The summed E-state index contributed by atoms with van der Waals surface area (Å²) in [5, 5.41) is 29.4. The highest BCUT2D eigenvalue weighted by Crippen LogP contribution is 2.33. The summed E-state index contributed by atoms with van der Waals surface area (Å²) in [4.78, 5) is 17.6. The Balaban J connectivity index is 1.80. The van der Waals surface area contributed by atoms with E-state index in [0.29, 0.717) is 36.4 Å². The number of benzene rings is 2. The Kier molecular flexibility index (Phi) is 5.78. The summed E-state index contributed by atoms with van der Waals surface area (Å²) < 4.78 is 0. The van der Waals surface area contributed by atoms with E-state index in [-0.39, 0.29) is 25.0 Å². The van der Waals surface area contributed by atoms with Gasteiger partial charge in [0.15, 0.2) is 5.82 Å². The van der Waals surface area contributed by atoms with Gasteiger partial charge in [-0.1, -0.05) is 36.4 Å². The number of anilines is 2. The summed E-state index contributed by atoms with van der Waals surface area (Å²) in [7, 11) is 1.80. The SMILES string of the molecule is CN(CCO)c1nc(-c2cccc(O)c2)nc(N2CCc3ccccc3C2CO)n1. The lowest BCUT2D eigenvalue weighted by molar-refractivity contribution is 0.256. The Labute approximate surface area is 175 Å². The minimum atomic E-state index is -0.259. The van der Waals surface area contributed by atoms with E-state index in [4.69, 9.17) is 0 Å². The third-order valence-corrected chi connectivity index (χ3v) is 5.34. The maximum absolute atomic E-state index is 10.2. The van der Waals surface area contributed by atoms with Crippen LogP contribution in [-0.4, -0.2) is 63.6 Å². The van der Waals surface area contributed by atoms with Gasteiger partial charge in [0.25, 0.3) is 0 Å². The van der Waals surface area contributed by atoms with Crippen molar-refractivity contribution < 1.29 is 15.3 Å².